The summed E-state index contributed by atoms with van der Waals surface area (Å²) in [7, 11) is 0. The van der Waals surface area contributed by atoms with E-state index in [0.717, 1.165) is 71.1 Å². The van der Waals surface area contributed by atoms with Crippen LogP contribution in [0.15, 0.2) is 0 Å². The van der Waals surface area contributed by atoms with E-state index in [0.29, 0.717) is 24.4 Å². The lowest BCUT2D eigenvalue weighted by molar-refractivity contribution is -0.139. The molecule has 134 valence electrons. The zero-order valence-corrected chi connectivity index (χ0v) is 14.5. The summed E-state index contributed by atoms with van der Waals surface area (Å²) in [6.07, 6.45) is 8.30. The fraction of sp³-hybridized carbons (Fsp3) is 0.889. The molecule has 1 N–H and O–H groups in total. The highest BCUT2D eigenvalue weighted by Gasteiger charge is 2.42. The summed E-state index contributed by atoms with van der Waals surface area (Å²) < 4.78 is 5.57. The van der Waals surface area contributed by atoms with Gasteiger partial charge >= 0.3 is 6.09 Å². The van der Waals surface area contributed by atoms with Gasteiger partial charge in [0.1, 0.15) is 5.60 Å². The van der Waals surface area contributed by atoms with E-state index in [1.165, 1.54) is 6.42 Å². The van der Waals surface area contributed by atoms with Crippen LogP contribution in [0, 0.1) is 5.92 Å². The highest BCUT2D eigenvalue weighted by Crippen LogP contribution is 2.32. The maximum absolute atomic E-state index is 12.4. The molecule has 4 aliphatic rings. The normalized spacial score (nSPS) is 33.0. The molecule has 1 unspecified atom stereocenters. The van der Waals surface area contributed by atoms with Crippen molar-refractivity contribution in [2.75, 3.05) is 32.7 Å². The molecule has 0 aromatic heterocycles. The summed E-state index contributed by atoms with van der Waals surface area (Å²) in [6, 6.07) is 0.579. The van der Waals surface area contributed by atoms with Crippen LogP contribution in [0.2, 0.25) is 0 Å². The molecule has 0 radical (unpaired) electrons. The molecule has 1 saturated carbocycles. The molecule has 4 fully saturated rings. The molecule has 0 aromatic carbocycles. The molecular formula is C18H29N3O3. The molecule has 24 heavy (non-hydrogen) atoms. The lowest BCUT2D eigenvalue weighted by atomic mass is 9.84. The number of nitrogens with one attached hydrogen (secondary N) is 1. The van der Waals surface area contributed by atoms with Crippen molar-refractivity contribution in [3.05, 3.63) is 0 Å². The van der Waals surface area contributed by atoms with Crippen molar-refractivity contribution in [2.24, 2.45) is 5.92 Å². The van der Waals surface area contributed by atoms with E-state index < -0.39 is 0 Å². The number of alkyl carbamates (subject to hydrolysis) is 1. The fourth-order valence-electron chi connectivity index (χ4n) is 4.70. The average Bonchev–Trinajstić information content (AvgIpc) is 2.77. The summed E-state index contributed by atoms with van der Waals surface area (Å²) in [5.41, 5.74) is -0.271. The third-order valence-corrected chi connectivity index (χ3v) is 6.54. The summed E-state index contributed by atoms with van der Waals surface area (Å²) in [6.45, 7) is 4.57. The molecule has 6 nitrogen and oxygen atoms in total. The second kappa shape index (κ2) is 6.54. The van der Waals surface area contributed by atoms with Crippen LogP contribution in [0.5, 0.6) is 0 Å². The minimum atomic E-state index is -0.271. The van der Waals surface area contributed by atoms with E-state index in [4.69, 9.17) is 4.74 Å². The van der Waals surface area contributed by atoms with Crippen molar-refractivity contribution in [2.45, 2.75) is 63.0 Å². The first-order chi connectivity index (χ1) is 11.7. The van der Waals surface area contributed by atoms with Crippen LogP contribution in [-0.2, 0) is 9.53 Å². The predicted octanol–water partition coefficient (Wildman–Crippen LogP) is 1.74. The van der Waals surface area contributed by atoms with Crippen LogP contribution in [0.3, 0.4) is 0 Å². The van der Waals surface area contributed by atoms with Gasteiger partial charge in [-0.25, -0.2) is 4.79 Å². The van der Waals surface area contributed by atoms with Crippen molar-refractivity contribution < 1.29 is 14.3 Å². The van der Waals surface area contributed by atoms with Gasteiger partial charge in [-0.1, -0.05) is 6.42 Å². The Labute approximate surface area is 143 Å². The Morgan fingerprint density at radius 3 is 2.46 bits per heavy atom. The number of hydrogen-bond acceptors (Lipinski definition) is 4. The quantitative estimate of drug-likeness (QED) is 0.835. The number of hydrogen-bond donors (Lipinski definition) is 1. The van der Waals surface area contributed by atoms with Crippen molar-refractivity contribution in [3.63, 3.8) is 0 Å². The predicted molar refractivity (Wildman–Crippen MR) is 89.6 cm³/mol. The van der Waals surface area contributed by atoms with Crippen molar-refractivity contribution in [3.8, 4) is 0 Å². The van der Waals surface area contributed by atoms with Gasteiger partial charge in [-0.15, -0.1) is 0 Å². The minimum absolute atomic E-state index is 0.258. The van der Waals surface area contributed by atoms with Gasteiger partial charge in [0, 0.05) is 38.0 Å². The van der Waals surface area contributed by atoms with Crippen molar-refractivity contribution in [1.29, 1.82) is 0 Å². The molecule has 0 bridgehead atoms. The smallest absolute Gasteiger partial charge is 0.407 e. The monoisotopic (exact) mass is 335 g/mol. The van der Waals surface area contributed by atoms with Gasteiger partial charge in [0.25, 0.3) is 0 Å². The molecule has 1 atom stereocenters. The number of carbonyl (C=O) groups is 2. The van der Waals surface area contributed by atoms with Crippen LogP contribution in [0.1, 0.15) is 51.4 Å². The van der Waals surface area contributed by atoms with E-state index in [1.807, 2.05) is 0 Å². The molecule has 0 aromatic rings. The van der Waals surface area contributed by atoms with E-state index in [9.17, 15) is 9.59 Å². The highest BCUT2D eigenvalue weighted by molar-refractivity contribution is 5.79. The maximum Gasteiger partial charge on any atom is 0.407 e. The van der Waals surface area contributed by atoms with Gasteiger partial charge in [0.2, 0.25) is 5.91 Å². The number of rotatable bonds is 2. The van der Waals surface area contributed by atoms with Crippen LogP contribution < -0.4 is 5.32 Å². The lowest BCUT2D eigenvalue weighted by Crippen LogP contribution is -2.49. The molecule has 3 heterocycles. The Morgan fingerprint density at radius 1 is 1.04 bits per heavy atom. The van der Waals surface area contributed by atoms with E-state index >= 15 is 0 Å². The summed E-state index contributed by atoms with van der Waals surface area (Å²) in [5, 5.41) is 2.82. The molecule has 1 aliphatic carbocycles. The zero-order chi connectivity index (χ0) is 16.6. The van der Waals surface area contributed by atoms with Crippen LogP contribution in [0.4, 0.5) is 4.79 Å². The van der Waals surface area contributed by atoms with Gasteiger partial charge in [0.15, 0.2) is 0 Å². The number of likely N-dealkylation sites (tertiary alicyclic amines) is 2. The standard InChI is InChI=1S/C18H29N3O3/c22-16(14-3-1-4-14)21-10-5-15(6-11-21)20-9-2-7-18(8-12-20)13-19-17(23)24-18/h14-15H,1-13H2,(H,19,23). The lowest BCUT2D eigenvalue weighted by Gasteiger charge is -2.40. The third kappa shape index (κ3) is 3.13. The Balaban J connectivity index is 1.28. The van der Waals surface area contributed by atoms with Gasteiger partial charge < -0.3 is 19.9 Å². The van der Waals surface area contributed by atoms with E-state index in [-0.39, 0.29) is 11.7 Å². The Hall–Kier alpha value is -1.30. The van der Waals surface area contributed by atoms with E-state index in [1.54, 1.807) is 0 Å². The first kappa shape index (κ1) is 16.2. The number of carbonyl (C=O) groups excluding carboxylic acids is 2. The van der Waals surface area contributed by atoms with Crippen LogP contribution in [-0.4, -0.2) is 66.2 Å². The molecule has 3 saturated heterocycles. The zero-order valence-electron chi connectivity index (χ0n) is 14.5. The molecule has 1 spiro atoms. The average molecular weight is 335 g/mol. The van der Waals surface area contributed by atoms with E-state index in [2.05, 4.69) is 15.1 Å². The topological polar surface area (TPSA) is 61.9 Å². The SMILES string of the molecule is O=C1NCC2(CCCN(C3CCN(C(=O)C4CCC4)CC3)CC2)O1. The molecule has 6 heteroatoms. The Kier molecular flexibility index (Phi) is 4.41. The molecule has 4 rings (SSSR count). The van der Waals surface area contributed by atoms with Crippen LogP contribution in [0.25, 0.3) is 0 Å². The Bertz CT molecular complexity index is 500. The van der Waals surface area contributed by atoms with Crippen molar-refractivity contribution >= 4 is 12.0 Å². The summed E-state index contributed by atoms with van der Waals surface area (Å²) in [5.74, 6) is 0.725. The second-order valence-corrected chi connectivity index (χ2v) is 8.00. The van der Waals surface area contributed by atoms with Gasteiger partial charge in [-0.3, -0.25) is 4.79 Å². The first-order valence-corrected chi connectivity index (χ1v) is 9.65. The second-order valence-electron chi connectivity index (χ2n) is 8.00. The van der Waals surface area contributed by atoms with Crippen LogP contribution >= 0.6 is 0 Å². The molecule has 2 amide bonds. The van der Waals surface area contributed by atoms with Gasteiger partial charge in [0.05, 0.1) is 6.54 Å². The Morgan fingerprint density at radius 2 is 1.83 bits per heavy atom. The molecule has 3 aliphatic heterocycles. The summed E-state index contributed by atoms with van der Waals surface area (Å²) in [4.78, 5) is 28.5. The van der Waals surface area contributed by atoms with Gasteiger partial charge in [-0.2, -0.15) is 0 Å². The van der Waals surface area contributed by atoms with Crippen molar-refractivity contribution in [1.82, 2.24) is 15.1 Å². The summed E-state index contributed by atoms with van der Waals surface area (Å²) >= 11 is 0. The first-order valence-electron chi connectivity index (χ1n) is 9.65. The maximum atomic E-state index is 12.4. The number of nitrogens with zero attached hydrogens (tertiary/aromatic N) is 2. The third-order valence-electron chi connectivity index (χ3n) is 6.54. The number of ether oxygens (including phenoxy) is 1. The molecular weight excluding hydrogens is 306 g/mol. The fourth-order valence-corrected chi connectivity index (χ4v) is 4.70. The number of amides is 2. The highest BCUT2D eigenvalue weighted by atomic mass is 16.6. The number of piperidine rings is 1. The minimum Gasteiger partial charge on any atom is -0.441 e. The van der Waals surface area contributed by atoms with Gasteiger partial charge in [-0.05, 0) is 45.1 Å². The largest absolute Gasteiger partial charge is 0.441 e.